The number of nitrogens with one attached hydrogen (secondary N) is 2. The molecule has 1 rings (SSSR count). The van der Waals surface area contributed by atoms with Gasteiger partial charge < -0.3 is 10.6 Å². The van der Waals surface area contributed by atoms with E-state index in [-0.39, 0.29) is 12.5 Å². The van der Waals surface area contributed by atoms with Gasteiger partial charge in [-0.2, -0.15) is 0 Å². The number of carbonyl (C=O) groups is 1. The highest BCUT2D eigenvalue weighted by molar-refractivity contribution is 9.10. The Morgan fingerprint density at radius 1 is 1.64 bits per heavy atom. The number of hydrogen-bond donors (Lipinski definition) is 2. The second-order valence-electron chi connectivity index (χ2n) is 2.90. The van der Waals surface area contributed by atoms with Crippen molar-refractivity contribution in [1.82, 2.24) is 10.3 Å². The maximum absolute atomic E-state index is 11.2. The summed E-state index contributed by atoms with van der Waals surface area (Å²) in [6.07, 6.45) is 1.65. The molecule has 1 aromatic heterocycles. The Hall–Kier alpha value is -0.940. The van der Waals surface area contributed by atoms with Crippen LogP contribution < -0.4 is 10.6 Å². The van der Waals surface area contributed by atoms with Gasteiger partial charge in [-0.15, -0.1) is 0 Å². The van der Waals surface area contributed by atoms with Crippen molar-refractivity contribution in [2.24, 2.45) is 0 Å². The summed E-state index contributed by atoms with van der Waals surface area (Å²) >= 11 is 3.31. The van der Waals surface area contributed by atoms with E-state index in [1.165, 1.54) is 0 Å². The highest BCUT2D eigenvalue weighted by Gasteiger charge is 2.04. The standard InChI is InChI=1S/C9H12BrN3O/c1-6-3-7(10)4-12-9(6)13-8(14)5-11-2/h3-4,11H,5H2,1-2H3,(H,12,13,14). The lowest BCUT2D eigenvalue weighted by Gasteiger charge is -2.06. The minimum absolute atomic E-state index is 0.0922. The fourth-order valence-corrected chi connectivity index (χ4v) is 1.45. The maximum Gasteiger partial charge on any atom is 0.239 e. The lowest BCUT2D eigenvalue weighted by atomic mass is 10.3. The fraction of sp³-hybridized carbons (Fsp3) is 0.333. The van der Waals surface area contributed by atoms with Crippen LogP contribution in [0.4, 0.5) is 5.82 Å². The average Bonchev–Trinajstić information content (AvgIpc) is 2.10. The number of nitrogens with zero attached hydrogens (tertiary/aromatic N) is 1. The summed E-state index contributed by atoms with van der Waals surface area (Å²) in [5.41, 5.74) is 0.934. The Bertz CT molecular complexity index is 341. The molecule has 0 aliphatic carbocycles. The molecule has 1 heterocycles. The zero-order valence-electron chi connectivity index (χ0n) is 8.10. The van der Waals surface area contributed by atoms with E-state index >= 15 is 0 Å². The monoisotopic (exact) mass is 257 g/mol. The summed E-state index contributed by atoms with van der Waals surface area (Å²) < 4.78 is 0.904. The van der Waals surface area contributed by atoms with Crippen LogP contribution in [0.1, 0.15) is 5.56 Å². The Labute approximate surface area is 91.2 Å². The number of amides is 1. The number of aromatic nitrogens is 1. The summed E-state index contributed by atoms with van der Waals surface area (Å²) in [4.78, 5) is 15.3. The van der Waals surface area contributed by atoms with Crippen molar-refractivity contribution in [2.45, 2.75) is 6.92 Å². The lowest BCUT2D eigenvalue weighted by Crippen LogP contribution is -2.25. The van der Waals surface area contributed by atoms with Crippen LogP contribution in [-0.4, -0.2) is 24.5 Å². The number of halogens is 1. The molecule has 76 valence electrons. The van der Waals surface area contributed by atoms with Gasteiger partial charge >= 0.3 is 0 Å². The molecule has 0 saturated carbocycles. The van der Waals surface area contributed by atoms with Gasteiger partial charge in [-0.25, -0.2) is 4.98 Å². The molecule has 0 fully saturated rings. The van der Waals surface area contributed by atoms with Crippen LogP contribution in [0.15, 0.2) is 16.7 Å². The van der Waals surface area contributed by atoms with Crippen molar-refractivity contribution in [2.75, 3.05) is 18.9 Å². The topological polar surface area (TPSA) is 54.0 Å². The van der Waals surface area contributed by atoms with Gasteiger partial charge in [-0.3, -0.25) is 4.79 Å². The van der Waals surface area contributed by atoms with Gasteiger partial charge in [0.05, 0.1) is 6.54 Å². The van der Waals surface area contributed by atoms with Gasteiger partial charge in [0.15, 0.2) is 0 Å². The van der Waals surface area contributed by atoms with Crippen LogP contribution in [0.5, 0.6) is 0 Å². The van der Waals surface area contributed by atoms with Gasteiger partial charge in [0.1, 0.15) is 5.82 Å². The summed E-state index contributed by atoms with van der Waals surface area (Å²) in [5, 5.41) is 5.47. The molecular formula is C9H12BrN3O. The maximum atomic E-state index is 11.2. The second kappa shape index (κ2) is 5.07. The summed E-state index contributed by atoms with van der Waals surface area (Å²) in [6, 6.07) is 1.90. The highest BCUT2D eigenvalue weighted by Crippen LogP contribution is 2.16. The van der Waals surface area contributed by atoms with Crippen LogP contribution >= 0.6 is 15.9 Å². The summed E-state index contributed by atoms with van der Waals surface area (Å²) in [6.45, 7) is 2.18. The number of anilines is 1. The van der Waals surface area contributed by atoms with Crippen molar-refractivity contribution in [1.29, 1.82) is 0 Å². The van der Waals surface area contributed by atoms with Crippen LogP contribution in [0, 0.1) is 6.92 Å². The first-order valence-corrected chi connectivity index (χ1v) is 4.99. The van der Waals surface area contributed by atoms with Gasteiger partial charge in [-0.1, -0.05) is 0 Å². The van der Waals surface area contributed by atoms with E-state index in [4.69, 9.17) is 0 Å². The summed E-state index contributed by atoms with van der Waals surface area (Å²) in [7, 11) is 1.72. The first-order chi connectivity index (χ1) is 6.63. The molecule has 2 N–H and O–H groups in total. The van der Waals surface area contributed by atoms with Gasteiger partial charge in [0.25, 0.3) is 0 Å². The van der Waals surface area contributed by atoms with Crippen molar-refractivity contribution < 1.29 is 4.79 Å². The molecule has 0 bridgehead atoms. The number of likely N-dealkylation sites (N-methyl/N-ethyl adjacent to an activating group) is 1. The molecule has 0 radical (unpaired) electrons. The number of aryl methyl sites for hydroxylation is 1. The third kappa shape index (κ3) is 3.08. The molecule has 0 atom stereocenters. The van der Waals surface area contributed by atoms with E-state index in [2.05, 4.69) is 31.5 Å². The predicted octanol–water partition coefficient (Wildman–Crippen LogP) is 1.31. The zero-order valence-corrected chi connectivity index (χ0v) is 9.68. The Morgan fingerprint density at radius 3 is 2.93 bits per heavy atom. The predicted molar refractivity (Wildman–Crippen MR) is 59.2 cm³/mol. The molecular weight excluding hydrogens is 246 g/mol. The molecule has 0 unspecified atom stereocenters. The van der Waals surface area contributed by atoms with E-state index in [1.54, 1.807) is 13.2 Å². The zero-order chi connectivity index (χ0) is 10.6. The van der Waals surface area contributed by atoms with E-state index in [0.717, 1.165) is 10.0 Å². The minimum Gasteiger partial charge on any atom is -0.311 e. The largest absolute Gasteiger partial charge is 0.311 e. The van der Waals surface area contributed by atoms with Crippen molar-refractivity contribution in [3.8, 4) is 0 Å². The Kier molecular flexibility index (Phi) is 4.03. The van der Waals surface area contributed by atoms with Crippen molar-refractivity contribution in [3.63, 3.8) is 0 Å². The molecule has 1 amide bonds. The van der Waals surface area contributed by atoms with Crippen molar-refractivity contribution >= 4 is 27.7 Å². The van der Waals surface area contributed by atoms with Gasteiger partial charge in [0, 0.05) is 10.7 Å². The summed E-state index contributed by atoms with van der Waals surface area (Å²) in [5.74, 6) is 0.513. The molecule has 14 heavy (non-hydrogen) atoms. The molecule has 0 aromatic carbocycles. The van der Waals surface area contributed by atoms with Gasteiger partial charge in [-0.05, 0) is 41.5 Å². The first kappa shape index (κ1) is 11.1. The smallest absolute Gasteiger partial charge is 0.239 e. The van der Waals surface area contributed by atoms with E-state index in [0.29, 0.717) is 5.82 Å². The molecule has 0 aliphatic rings. The van der Waals surface area contributed by atoms with Crippen LogP contribution in [0.2, 0.25) is 0 Å². The average molecular weight is 258 g/mol. The molecule has 0 spiro atoms. The SMILES string of the molecule is CNCC(=O)Nc1ncc(Br)cc1C. The Balaban J connectivity index is 2.72. The number of hydrogen-bond acceptors (Lipinski definition) is 3. The van der Waals surface area contributed by atoms with Crippen molar-refractivity contribution in [3.05, 3.63) is 22.3 Å². The number of carbonyl (C=O) groups excluding carboxylic acids is 1. The fourth-order valence-electron chi connectivity index (χ4n) is 1.01. The Morgan fingerprint density at radius 2 is 2.36 bits per heavy atom. The molecule has 0 saturated heterocycles. The minimum atomic E-state index is -0.0922. The quantitative estimate of drug-likeness (QED) is 0.859. The van der Waals surface area contributed by atoms with E-state index in [1.807, 2.05) is 13.0 Å². The van der Waals surface area contributed by atoms with Crippen LogP contribution in [0.25, 0.3) is 0 Å². The molecule has 4 nitrogen and oxygen atoms in total. The van der Waals surface area contributed by atoms with E-state index in [9.17, 15) is 4.79 Å². The third-order valence-electron chi connectivity index (χ3n) is 1.64. The molecule has 1 aromatic rings. The number of rotatable bonds is 3. The van der Waals surface area contributed by atoms with E-state index < -0.39 is 0 Å². The number of pyridine rings is 1. The lowest BCUT2D eigenvalue weighted by molar-refractivity contribution is -0.115. The molecule has 5 heteroatoms. The first-order valence-electron chi connectivity index (χ1n) is 4.20. The third-order valence-corrected chi connectivity index (χ3v) is 2.07. The van der Waals surface area contributed by atoms with Crippen LogP contribution in [0.3, 0.4) is 0 Å². The second-order valence-corrected chi connectivity index (χ2v) is 3.81. The highest BCUT2D eigenvalue weighted by atomic mass is 79.9. The van der Waals surface area contributed by atoms with Crippen LogP contribution in [-0.2, 0) is 4.79 Å². The normalized spacial score (nSPS) is 9.93. The molecule has 0 aliphatic heterocycles. The van der Waals surface area contributed by atoms with Gasteiger partial charge in [0.2, 0.25) is 5.91 Å².